The molecule has 0 rings (SSSR count). The third kappa shape index (κ3) is 270. The van der Waals surface area contributed by atoms with Crippen LogP contribution >= 0.6 is 9.90 Å². The third-order valence-electron chi connectivity index (χ3n) is 0. The predicted octanol–water partition coefficient (Wildman–Crippen LogP) is -5.18. The van der Waals surface area contributed by atoms with Crippen molar-refractivity contribution in [3.8, 4) is 0 Å². The van der Waals surface area contributed by atoms with Crippen LogP contribution in [-0.2, 0) is 0 Å². The van der Waals surface area contributed by atoms with Crippen LogP contribution in [0.5, 0.6) is 0 Å². The van der Waals surface area contributed by atoms with Gasteiger partial charge in [0.05, 0.1) is 0 Å². The quantitative estimate of drug-likeness (QED) is 0.364. The molecule has 0 bridgehead atoms. The van der Waals surface area contributed by atoms with E-state index in [0.717, 1.165) is 0 Å². The van der Waals surface area contributed by atoms with E-state index >= 15 is 0 Å². The number of halogens is 3. The van der Waals surface area contributed by atoms with Crippen LogP contribution in [0.3, 0.4) is 0 Å². The molecule has 0 aromatic rings. The molecule has 1 atom stereocenters. The highest BCUT2D eigenvalue weighted by Gasteiger charge is 1.51. The molecule has 0 aromatic heterocycles. The van der Waals surface area contributed by atoms with Gasteiger partial charge in [-0.25, -0.2) is 0 Å². The molecule has 0 aliphatic heterocycles. The van der Waals surface area contributed by atoms with Gasteiger partial charge in [-0.05, 0) is 0 Å². The summed E-state index contributed by atoms with van der Waals surface area (Å²) in [5, 5.41) is 0. The van der Waals surface area contributed by atoms with E-state index in [4.69, 9.17) is 25.2 Å². The molecular formula is H6Br3O6P. The van der Waals surface area contributed by atoms with Crippen LogP contribution in [0.15, 0.2) is 0 Å². The van der Waals surface area contributed by atoms with Crippen molar-refractivity contribution >= 4 is 9.90 Å². The van der Waals surface area contributed by atoms with Crippen molar-refractivity contribution in [2.45, 2.75) is 0 Å². The summed E-state index contributed by atoms with van der Waals surface area (Å²) < 4.78 is 46.7. The summed E-state index contributed by atoms with van der Waals surface area (Å²) >= 11 is -3.56. The van der Waals surface area contributed by atoms with Gasteiger partial charge in [0.2, 0.25) is 0 Å². The Balaban J connectivity index is -0.0000000257. The SMILES string of the molecule is P.[O-][Br+]O.[O-][Br+]O.[O-][Br+]O. The summed E-state index contributed by atoms with van der Waals surface area (Å²) in [5.74, 6) is 0. The molecule has 0 fully saturated rings. The average molecular weight is 373 g/mol. The van der Waals surface area contributed by atoms with Gasteiger partial charge < -0.3 is 12.6 Å². The number of hydrogen-bond donors (Lipinski definition) is 3. The molecule has 68 valence electrons. The fourth-order valence-electron chi connectivity index (χ4n) is 0. The monoisotopic (exact) mass is 370 g/mol. The first-order chi connectivity index (χ1) is 4.24. The smallest absolute Gasteiger partial charge is 0.417 e. The minimum atomic E-state index is -1.19. The fourth-order valence-corrected chi connectivity index (χ4v) is 0. The molecule has 0 amide bonds. The molecule has 6 nitrogen and oxygen atoms in total. The van der Waals surface area contributed by atoms with E-state index in [-0.39, 0.29) is 9.90 Å². The Morgan fingerprint density at radius 1 is 0.700 bits per heavy atom. The van der Waals surface area contributed by atoms with E-state index in [9.17, 15) is 0 Å². The Bertz CT molecular complexity index is 17.7. The van der Waals surface area contributed by atoms with Crippen LogP contribution in [0.4, 0.5) is 0 Å². The Morgan fingerprint density at radius 3 is 0.700 bits per heavy atom. The van der Waals surface area contributed by atoms with Crippen molar-refractivity contribution in [2.24, 2.45) is 0 Å². The lowest BCUT2D eigenvalue weighted by Gasteiger charge is -1.45. The van der Waals surface area contributed by atoms with Crippen LogP contribution in [0.25, 0.3) is 0 Å². The van der Waals surface area contributed by atoms with Crippen LogP contribution in [0, 0.1) is 46.6 Å². The van der Waals surface area contributed by atoms with E-state index in [1.165, 1.54) is 0 Å². The Hall–Kier alpha value is 1.63. The van der Waals surface area contributed by atoms with E-state index in [0.29, 0.717) is 0 Å². The highest BCUT2D eigenvalue weighted by Crippen LogP contribution is 1.14. The highest BCUT2D eigenvalue weighted by molar-refractivity contribution is 6.92. The highest BCUT2D eigenvalue weighted by atomic mass is 79.9. The summed E-state index contributed by atoms with van der Waals surface area (Å²) in [6.07, 6.45) is 0. The van der Waals surface area contributed by atoms with Crippen molar-refractivity contribution in [1.82, 2.24) is 0 Å². The second-order valence-corrected chi connectivity index (χ2v) is 1.08. The number of hydrogen-bond acceptors (Lipinski definition) is 6. The zero-order valence-corrected chi connectivity index (χ0v) is 10.6. The largest absolute Gasteiger partial charge is 0.551 e. The summed E-state index contributed by atoms with van der Waals surface area (Å²) in [5.41, 5.74) is 0. The number of rotatable bonds is 0. The van der Waals surface area contributed by atoms with Crippen LogP contribution in [0.2, 0.25) is 0 Å². The normalized spacial score (nSPS) is 5.40. The third-order valence-corrected chi connectivity index (χ3v) is 0. The van der Waals surface area contributed by atoms with Gasteiger partial charge >= 0.3 is 46.6 Å². The Kier molecular flexibility index (Phi) is 104. The molecule has 0 aromatic carbocycles. The first-order valence-electron chi connectivity index (χ1n) is 0.970. The summed E-state index contributed by atoms with van der Waals surface area (Å²) in [4.78, 5) is 0. The Labute approximate surface area is 81.5 Å². The van der Waals surface area contributed by atoms with Gasteiger partial charge in [-0.15, -0.1) is 0 Å². The zero-order chi connectivity index (χ0) is 8.12. The average Bonchev–Trinajstić information content (AvgIpc) is 1.70. The first-order valence-corrected chi connectivity index (χ1v) is 5.04. The van der Waals surface area contributed by atoms with E-state index < -0.39 is 46.6 Å². The Morgan fingerprint density at radius 2 is 0.700 bits per heavy atom. The topological polar surface area (TPSA) is 130 Å². The minimum absolute atomic E-state index is 0. The van der Waals surface area contributed by atoms with E-state index in [1.54, 1.807) is 0 Å². The van der Waals surface area contributed by atoms with Gasteiger partial charge in [-0.1, -0.05) is 0 Å². The molecule has 10 heteroatoms. The molecular weight excluding hydrogens is 367 g/mol. The molecule has 3 N–H and O–H groups in total. The summed E-state index contributed by atoms with van der Waals surface area (Å²) in [7, 11) is 0. The van der Waals surface area contributed by atoms with Gasteiger partial charge in [0.15, 0.2) is 0 Å². The minimum Gasteiger partial charge on any atom is -0.551 e. The summed E-state index contributed by atoms with van der Waals surface area (Å²) in [6.45, 7) is 0. The molecule has 0 aliphatic rings. The van der Waals surface area contributed by atoms with E-state index in [1.807, 2.05) is 0 Å². The molecule has 10 heavy (non-hydrogen) atoms. The molecule has 0 heterocycles. The fraction of sp³-hybridized carbons (Fsp3) is 0. The molecule has 1 unspecified atom stereocenters. The van der Waals surface area contributed by atoms with E-state index in [2.05, 4.69) is 0 Å². The molecule has 0 saturated heterocycles. The first kappa shape index (κ1) is 22.6. The molecule has 0 radical (unpaired) electrons. The maximum absolute atomic E-state index is 8.52. The maximum atomic E-state index is 8.52. The molecule has 0 saturated carbocycles. The molecule has 0 aliphatic carbocycles. The molecule has 0 spiro atoms. The second kappa shape index (κ2) is 46.0. The lowest BCUT2D eigenvalue weighted by Crippen LogP contribution is -1.94. The maximum Gasteiger partial charge on any atom is 0.417 e. The second-order valence-electron chi connectivity index (χ2n) is 0.207. The van der Waals surface area contributed by atoms with Crippen molar-refractivity contribution in [3.05, 3.63) is 0 Å². The lowest BCUT2D eigenvalue weighted by molar-refractivity contribution is -1.27. The van der Waals surface area contributed by atoms with Gasteiger partial charge in [0, 0.05) is 0 Å². The van der Waals surface area contributed by atoms with Gasteiger partial charge in [-0.2, -0.15) is 22.5 Å². The predicted molar refractivity (Wildman–Crippen MR) is 17.8 cm³/mol. The zero-order valence-electron chi connectivity index (χ0n) is 4.41. The van der Waals surface area contributed by atoms with Crippen LogP contribution in [-0.4, -0.2) is 12.6 Å². The van der Waals surface area contributed by atoms with Gasteiger partial charge in [0.1, 0.15) is 0 Å². The van der Waals surface area contributed by atoms with Crippen LogP contribution in [0.1, 0.15) is 0 Å². The van der Waals surface area contributed by atoms with Crippen molar-refractivity contribution < 1.29 is 71.8 Å². The van der Waals surface area contributed by atoms with Gasteiger partial charge in [0.25, 0.3) is 0 Å². The summed E-state index contributed by atoms with van der Waals surface area (Å²) in [6, 6.07) is 0. The lowest BCUT2D eigenvalue weighted by atomic mass is 16.0. The van der Waals surface area contributed by atoms with Crippen molar-refractivity contribution in [1.29, 1.82) is 0 Å². The van der Waals surface area contributed by atoms with Crippen LogP contribution < -0.4 is 12.6 Å². The van der Waals surface area contributed by atoms with Gasteiger partial charge in [-0.3, -0.25) is 0 Å². The van der Waals surface area contributed by atoms with Crippen molar-refractivity contribution in [2.75, 3.05) is 0 Å². The standard InChI is InChI=1S/3BrHO2.H3P/c3*2-1-3;/h3*2H;1H3. The van der Waals surface area contributed by atoms with Crippen molar-refractivity contribution in [3.63, 3.8) is 0 Å².